The molecule has 7 aliphatic carbocycles. The number of nitrogens with zero attached hydrogens (tertiary/aromatic N) is 7. The number of rotatable bonds is 35. The van der Waals surface area contributed by atoms with Crippen molar-refractivity contribution in [2.75, 3.05) is 73.6 Å². The zero-order chi connectivity index (χ0) is 97.5. The Labute approximate surface area is 932 Å². The predicted octanol–water partition coefficient (Wildman–Crippen LogP) is 36.0. The molecule has 9 aromatic rings. The van der Waals surface area contributed by atoms with Crippen LogP contribution in [0.1, 0.15) is 370 Å². The van der Waals surface area contributed by atoms with Gasteiger partial charge in [0.25, 0.3) is 0 Å². The van der Waals surface area contributed by atoms with Crippen LogP contribution in [0.15, 0.2) is 198 Å². The minimum absolute atomic E-state index is 0. The number of ketones is 1. The van der Waals surface area contributed by atoms with Crippen LogP contribution in [0, 0.1) is 86.0 Å². The molecule has 2 N–H and O–H groups in total. The number of benzene rings is 8. The number of aryl methyl sites for hydroxylation is 2. The average molecular weight is 2130 g/mol. The second-order valence-electron chi connectivity index (χ2n) is 42.7. The summed E-state index contributed by atoms with van der Waals surface area (Å²) in [4.78, 5) is 19.7. The molecule has 0 spiro atoms. The zero-order valence-corrected chi connectivity index (χ0v) is 97.9. The van der Waals surface area contributed by atoms with E-state index in [1.807, 2.05) is 36.4 Å². The van der Waals surface area contributed by atoms with Crippen LogP contribution in [0.5, 0.6) is 11.5 Å². The summed E-state index contributed by atoms with van der Waals surface area (Å²) < 4.78 is 13.6. The first kappa shape index (κ1) is 130. The standard InChI is InChI=1S/C39H46N2O2.C38H51N2O.C36H43N3O.3C5H10.6CH3.3Fe/c1-4-40(5-2)32-22-19-31(36(42)27-32)21-24-37-39(3,28-33-17-12-26-43-33)38-34-18-9-8-16-30(34)20-23-35(38)41(37)25-11-10-15-29-13-6-7-14-29;1-6-39(7-2)33-22-19-31(28(3)26-33)21-24-36-38(5,27-29(4)41)37-34-18-11-10-17-32(34)20-23-35(37)40(36)25-13-12-16-30-14-8-9-15-30;1-4-38(5-2)30-20-17-29(33(40)26-30)19-22-34-36(3,23-24-37)35-31-16-9-8-15-28(31)18-21-32(35)39(34)25-11-10-14-27-12-6-7-13-27;3*1-2-4-5-3-1;;;;;;;;;/h8-9,12,16-24,26-27,29H,4-7,10-11,13-15,25,28H2,1-3H3;10-11,17-19,21-22,24,26,30H,6-9,12-16,20,23,25,27H2,1-5H3;8-9,15-22,26-27H,4-7,10-14,23,25H2,1-3H3;3*1-5H2;6*1H3;;;/q;+1;;;;;6*-1;3*+2/p+2. The maximum Gasteiger partial charge on any atom is 2.00 e. The van der Waals surface area contributed by atoms with Crippen LogP contribution in [0.4, 0.5) is 28.4 Å². The number of carbonyl (C=O) groups is 1. The van der Waals surface area contributed by atoms with Crippen molar-refractivity contribution in [3.63, 3.8) is 0 Å². The molecule has 8 aromatic carbocycles. The second-order valence-corrected chi connectivity index (χ2v) is 42.7. The van der Waals surface area contributed by atoms with Gasteiger partial charge < -0.3 is 73.9 Å². The summed E-state index contributed by atoms with van der Waals surface area (Å²) in [7, 11) is 0. The molecule has 11 nitrogen and oxygen atoms in total. The molecule has 0 radical (unpaired) electrons. The third-order valence-electron chi connectivity index (χ3n) is 33.1. The maximum atomic E-state index is 12.9. The Morgan fingerprint density at radius 1 is 0.412 bits per heavy atom. The van der Waals surface area contributed by atoms with Crippen molar-refractivity contribution in [3.05, 3.63) is 289 Å². The quantitative estimate of drug-likeness (QED) is 0.0175. The van der Waals surface area contributed by atoms with Gasteiger partial charge in [0.05, 0.1) is 35.0 Å². The summed E-state index contributed by atoms with van der Waals surface area (Å²) in [5, 5.41) is 37.1. The van der Waals surface area contributed by atoms with E-state index in [1.54, 1.807) is 13.2 Å². The molecule has 806 valence electrons. The van der Waals surface area contributed by atoms with E-state index in [-0.39, 0.29) is 118 Å². The molecule has 19 rings (SSSR count). The van der Waals surface area contributed by atoms with Gasteiger partial charge in [0, 0.05) is 165 Å². The number of furan rings is 1. The third kappa shape index (κ3) is 32.7. The first-order chi connectivity index (χ1) is 67.9. The molecule has 6 saturated carbocycles. The number of nitriles is 1. The molecular weight excluding hydrogens is 1940 g/mol. The summed E-state index contributed by atoms with van der Waals surface area (Å²) in [6.45, 7) is 32.5. The molecule has 1 aromatic heterocycles. The van der Waals surface area contributed by atoms with Crippen LogP contribution in [0.2, 0.25) is 0 Å². The maximum absolute atomic E-state index is 12.9. The van der Waals surface area contributed by atoms with Gasteiger partial charge in [-0.15, -0.1) is 0 Å². The molecular formula is C134H190Fe3N7O4+3. The number of phenolic OH excluding ortho intramolecular Hbond substituents is 2. The van der Waals surface area contributed by atoms with Crippen LogP contribution in [0.3, 0.4) is 0 Å². The minimum atomic E-state index is -0.441. The fourth-order valence-electron chi connectivity index (χ4n) is 25.4. The first-order valence-corrected chi connectivity index (χ1v) is 55.6. The van der Waals surface area contributed by atoms with Crippen LogP contribution in [0.25, 0.3) is 45.3 Å². The van der Waals surface area contributed by atoms with E-state index in [0.717, 1.165) is 136 Å². The first-order valence-electron chi connectivity index (χ1n) is 55.6. The molecule has 0 bridgehead atoms. The van der Waals surface area contributed by atoms with E-state index in [1.165, 1.54) is 319 Å². The van der Waals surface area contributed by atoms with Crippen molar-refractivity contribution in [1.29, 1.82) is 5.26 Å². The molecule has 4 heterocycles. The zero-order valence-electron chi connectivity index (χ0n) is 94.6. The molecule has 3 aliphatic heterocycles. The number of hydrogen-bond acceptors (Lipinski definition) is 8. The Kier molecular flexibility index (Phi) is 56.9. The van der Waals surface area contributed by atoms with Gasteiger partial charge in [0.1, 0.15) is 42.7 Å². The smallest absolute Gasteiger partial charge is 0.507 e. The molecule has 14 heteroatoms. The van der Waals surface area contributed by atoms with Gasteiger partial charge in [0.2, 0.25) is 11.4 Å². The van der Waals surface area contributed by atoms with Gasteiger partial charge >= 0.3 is 51.2 Å². The number of Topliss-reactive ketones (excluding diaryl/α,β-unsaturated/α-hetero) is 1. The third-order valence-corrected chi connectivity index (χ3v) is 33.1. The minimum Gasteiger partial charge on any atom is -0.507 e. The van der Waals surface area contributed by atoms with Crippen molar-refractivity contribution < 1.29 is 84.4 Å². The SMILES string of the molecule is C1CCCC1.C1CCCC1.C1CCCC1.CCN(CC)c1ccc(/C=C/C2=[N+](CCCCC3CCCC3)C3=C(c4ccccc4CC3)C2(C)CC(C)=O)c(C)c1.CCN(CC)c1ccc(/C=C/C2=[N+](CCCCC3CCCC3)c3ccc4ccccc4c3C2(C)CC#N)c(O)c1.CCN(CC)c1ccc(/C=C/C2=[N+](CCCCC3CCCC3)c3ccc4ccccc4c3C2(C)Cc2ccco2)c(O)c1.[CH3-].[CH3-].[CH3-].[CH3-].[CH3-].[CH3-].[Fe+2].[Fe+2].[Fe+2]. The summed E-state index contributed by atoms with van der Waals surface area (Å²) in [6.07, 6.45) is 69.7. The molecule has 6 fully saturated rings. The van der Waals surface area contributed by atoms with E-state index in [2.05, 4.69) is 268 Å². The normalized spacial score (nSPS) is 18.8. The van der Waals surface area contributed by atoms with Gasteiger partial charge in [-0.2, -0.15) is 19.0 Å². The number of unbranched alkanes of at least 4 members (excludes halogenated alkanes) is 3. The summed E-state index contributed by atoms with van der Waals surface area (Å²) >= 11 is 0. The Morgan fingerprint density at radius 3 is 1.16 bits per heavy atom. The molecule has 0 amide bonds. The van der Waals surface area contributed by atoms with Crippen molar-refractivity contribution >= 4 is 96.7 Å². The largest absolute Gasteiger partial charge is 2.00 e. The average Bonchev–Trinajstić information content (AvgIpc) is 1.57. The number of fused-ring (bicyclic) bond motifs is 8. The van der Waals surface area contributed by atoms with E-state index >= 15 is 0 Å². The Hall–Kier alpha value is -8.75. The van der Waals surface area contributed by atoms with Gasteiger partial charge in [-0.3, -0.25) is 4.79 Å². The van der Waals surface area contributed by atoms with Gasteiger partial charge in [-0.05, 0) is 242 Å². The number of phenols is 2. The van der Waals surface area contributed by atoms with E-state index < -0.39 is 5.41 Å². The number of carbonyl (C=O) groups excluding carboxylic acids is 1. The number of anilines is 3. The van der Waals surface area contributed by atoms with Crippen LogP contribution in [-0.2, 0) is 79.7 Å². The van der Waals surface area contributed by atoms with Gasteiger partial charge in [-0.1, -0.05) is 271 Å². The number of hydrogen-bond donors (Lipinski definition) is 2. The molecule has 3 atom stereocenters. The van der Waals surface area contributed by atoms with Gasteiger partial charge in [-0.25, -0.2) is 0 Å². The summed E-state index contributed by atoms with van der Waals surface area (Å²) in [5.41, 5.74) is 21.0. The summed E-state index contributed by atoms with van der Waals surface area (Å²) in [5.74, 6) is 4.62. The number of allylic oxidation sites excluding steroid dienone is 5. The van der Waals surface area contributed by atoms with Crippen LogP contribution < -0.4 is 14.7 Å². The fourth-order valence-corrected chi connectivity index (χ4v) is 25.4. The molecule has 0 saturated heterocycles. The monoisotopic (exact) mass is 2130 g/mol. The second kappa shape index (κ2) is 64.9. The predicted molar refractivity (Wildman–Crippen MR) is 630 cm³/mol. The molecule has 148 heavy (non-hydrogen) atoms. The Morgan fingerprint density at radius 2 is 0.777 bits per heavy atom. The Balaban J connectivity index is 0.000000352. The van der Waals surface area contributed by atoms with Crippen molar-refractivity contribution in [2.45, 2.75) is 350 Å². The van der Waals surface area contributed by atoms with E-state index in [9.17, 15) is 20.3 Å². The fraction of sp³-hybridized carbons (Fsp3) is 0.500. The molecule has 10 aliphatic rings. The summed E-state index contributed by atoms with van der Waals surface area (Å²) in [6, 6.07) is 60.8. The van der Waals surface area contributed by atoms with Crippen molar-refractivity contribution in [1.82, 2.24) is 0 Å². The molecule has 3 unspecified atom stereocenters. The van der Waals surface area contributed by atoms with Crippen molar-refractivity contribution in [3.8, 4) is 17.6 Å². The topological polar surface area (TPSA) is 113 Å². The van der Waals surface area contributed by atoms with Crippen LogP contribution >= 0.6 is 0 Å². The van der Waals surface area contributed by atoms with E-state index in [4.69, 9.17) is 4.42 Å². The van der Waals surface area contributed by atoms with E-state index in [0.29, 0.717) is 18.6 Å². The van der Waals surface area contributed by atoms with Gasteiger partial charge in [0.15, 0.2) is 22.8 Å². The van der Waals surface area contributed by atoms with Crippen molar-refractivity contribution in [2.24, 2.45) is 23.2 Å². The van der Waals surface area contributed by atoms with Crippen LogP contribution in [-0.4, -0.2) is 106 Å². The number of aromatic hydroxyl groups is 2. The Bertz CT molecular complexity index is 5740.